The van der Waals surface area contributed by atoms with Gasteiger partial charge in [-0.25, -0.2) is 0 Å². The standard InChI is InChI=1S/C26H30N4O5/c1-16-2-4-17(5-3-16)25(32)29-12-13-30(24(29)23(31)28-20-9-7-19(27)8-10-20)26(33)18-6-11-21-22(14-18)35-15-34-21/h2-6,11,14,19-20,24H,7-10,12-13,15,27H2,1H3,(H,28,31). The quantitative estimate of drug-likeness (QED) is 0.695. The summed E-state index contributed by atoms with van der Waals surface area (Å²) in [4.78, 5) is 43.5. The molecule has 2 fully saturated rings. The number of aryl methyl sites for hydroxylation is 1. The minimum Gasteiger partial charge on any atom is -0.454 e. The summed E-state index contributed by atoms with van der Waals surface area (Å²) in [6.07, 6.45) is 2.18. The lowest BCUT2D eigenvalue weighted by Crippen LogP contribution is -2.56. The van der Waals surface area contributed by atoms with Crippen molar-refractivity contribution in [3.63, 3.8) is 0 Å². The van der Waals surface area contributed by atoms with E-state index < -0.39 is 6.17 Å². The van der Waals surface area contributed by atoms with Crippen LogP contribution in [0, 0.1) is 6.92 Å². The summed E-state index contributed by atoms with van der Waals surface area (Å²) in [5.41, 5.74) is 7.90. The Kier molecular flexibility index (Phi) is 6.34. The van der Waals surface area contributed by atoms with E-state index in [9.17, 15) is 14.4 Å². The van der Waals surface area contributed by atoms with Gasteiger partial charge in [0, 0.05) is 36.3 Å². The molecule has 1 atom stereocenters. The van der Waals surface area contributed by atoms with Crippen LogP contribution in [0.15, 0.2) is 42.5 Å². The van der Waals surface area contributed by atoms with Gasteiger partial charge in [0.15, 0.2) is 17.7 Å². The van der Waals surface area contributed by atoms with Crippen LogP contribution in [-0.4, -0.2) is 65.7 Å². The molecule has 184 valence electrons. The molecule has 0 radical (unpaired) electrons. The van der Waals surface area contributed by atoms with Gasteiger partial charge in [-0.1, -0.05) is 17.7 Å². The van der Waals surface area contributed by atoms with Crippen molar-refractivity contribution in [1.82, 2.24) is 15.1 Å². The van der Waals surface area contributed by atoms with Crippen molar-refractivity contribution in [3.05, 3.63) is 59.2 Å². The molecule has 1 saturated carbocycles. The maximum absolute atomic E-state index is 13.6. The fourth-order valence-electron chi connectivity index (χ4n) is 4.93. The van der Waals surface area contributed by atoms with E-state index in [0.717, 1.165) is 31.2 Å². The van der Waals surface area contributed by atoms with Crippen LogP contribution in [0.3, 0.4) is 0 Å². The number of amides is 3. The van der Waals surface area contributed by atoms with Gasteiger partial charge in [0.05, 0.1) is 0 Å². The third-order valence-electron chi connectivity index (χ3n) is 6.96. The Labute approximate surface area is 204 Å². The normalized spacial score (nSPS) is 23.3. The zero-order chi connectivity index (χ0) is 24.5. The largest absolute Gasteiger partial charge is 0.454 e. The molecule has 3 amide bonds. The summed E-state index contributed by atoms with van der Waals surface area (Å²) in [6.45, 7) is 2.56. The Morgan fingerprint density at radius 3 is 2.14 bits per heavy atom. The predicted molar refractivity (Wildman–Crippen MR) is 128 cm³/mol. The summed E-state index contributed by atoms with van der Waals surface area (Å²) in [7, 11) is 0. The highest BCUT2D eigenvalue weighted by Gasteiger charge is 2.44. The first kappa shape index (κ1) is 23.2. The third kappa shape index (κ3) is 4.68. The second kappa shape index (κ2) is 9.58. The lowest BCUT2D eigenvalue weighted by atomic mass is 9.92. The molecule has 2 aromatic rings. The van der Waals surface area contributed by atoms with Crippen LogP contribution < -0.4 is 20.5 Å². The number of hydrogen-bond donors (Lipinski definition) is 2. The second-order valence-electron chi connectivity index (χ2n) is 9.43. The molecule has 2 heterocycles. The average Bonchev–Trinajstić information content (AvgIpc) is 3.52. The Balaban J connectivity index is 1.41. The zero-order valence-electron chi connectivity index (χ0n) is 19.7. The summed E-state index contributed by atoms with van der Waals surface area (Å²) >= 11 is 0. The maximum atomic E-state index is 13.6. The van der Waals surface area contributed by atoms with E-state index in [4.69, 9.17) is 15.2 Å². The van der Waals surface area contributed by atoms with Crippen molar-refractivity contribution < 1.29 is 23.9 Å². The number of nitrogens with one attached hydrogen (secondary N) is 1. The molecule has 3 aliphatic rings. The van der Waals surface area contributed by atoms with E-state index in [1.165, 1.54) is 9.80 Å². The third-order valence-corrected chi connectivity index (χ3v) is 6.96. The zero-order valence-corrected chi connectivity index (χ0v) is 19.7. The fourth-order valence-corrected chi connectivity index (χ4v) is 4.93. The van der Waals surface area contributed by atoms with E-state index in [1.807, 2.05) is 19.1 Å². The van der Waals surface area contributed by atoms with Crippen molar-refractivity contribution in [1.29, 1.82) is 0 Å². The van der Waals surface area contributed by atoms with Gasteiger partial charge in [0.2, 0.25) is 6.79 Å². The predicted octanol–water partition coefficient (Wildman–Crippen LogP) is 2.03. The molecular weight excluding hydrogens is 448 g/mol. The minimum absolute atomic E-state index is 0.0262. The van der Waals surface area contributed by atoms with Gasteiger partial charge >= 0.3 is 0 Å². The van der Waals surface area contributed by atoms with Crippen molar-refractivity contribution in [2.24, 2.45) is 5.73 Å². The van der Waals surface area contributed by atoms with Gasteiger partial charge in [-0.05, 0) is 62.9 Å². The lowest BCUT2D eigenvalue weighted by molar-refractivity contribution is -0.129. The molecule has 1 saturated heterocycles. The molecule has 9 nitrogen and oxygen atoms in total. The smallest absolute Gasteiger partial charge is 0.264 e. The molecule has 35 heavy (non-hydrogen) atoms. The number of nitrogens with two attached hydrogens (primary N) is 1. The Bertz CT molecular complexity index is 1130. The number of ether oxygens (including phenoxy) is 2. The van der Waals surface area contributed by atoms with Crippen LogP contribution in [0.5, 0.6) is 11.5 Å². The number of carbonyl (C=O) groups is 3. The second-order valence-corrected chi connectivity index (χ2v) is 9.43. The Morgan fingerprint density at radius 1 is 0.857 bits per heavy atom. The van der Waals surface area contributed by atoms with Crippen LogP contribution in [0.25, 0.3) is 0 Å². The molecular formula is C26H30N4O5. The van der Waals surface area contributed by atoms with Crippen LogP contribution in [0.4, 0.5) is 0 Å². The molecule has 0 bridgehead atoms. The molecule has 2 aliphatic heterocycles. The fraction of sp³-hybridized carbons (Fsp3) is 0.423. The number of fused-ring (bicyclic) bond motifs is 1. The van der Waals surface area contributed by atoms with Crippen LogP contribution >= 0.6 is 0 Å². The van der Waals surface area contributed by atoms with Gasteiger partial charge in [0.25, 0.3) is 17.7 Å². The number of hydrogen-bond acceptors (Lipinski definition) is 6. The number of benzene rings is 2. The maximum Gasteiger partial charge on any atom is 0.264 e. The highest BCUT2D eigenvalue weighted by atomic mass is 16.7. The van der Waals surface area contributed by atoms with E-state index in [-0.39, 0.29) is 49.7 Å². The van der Waals surface area contributed by atoms with E-state index in [1.54, 1.807) is 30.3 Å². The lowest BCUT2D eigenvalue weighted by Gasteiger charge is -2.33. The topological polar surface area (TPSA) is 114 Å². The van der Waals surface area contributed by atoms with E-state index >= 15 is 0 Å². The van der Waals surface area contributed by atoms with Gasteiger partial charge < -0.3 is 30.3 Å². The number of nitrogens with zero attached hydrogens (tertiary/aromatic N) is 2. The molecule has 5 rings (SSSR count). The molecule has 9 heteroatoms. The Hall–Kier alpha value is -3.59. The monoisotopic (exact) mass is 478 g/mol. The van der Waals surface area contributed by atoms with E-state index in [2.05, 4.69) is 5.32 Å². The van der Waals surface area contributed by atoms with Gasteiger partial charge in [-0.15, -0.1) is 0 Å². The van der Waals surface area contributed by atoms with Crippen LogP contribution in [-0.2, 0) is 4.79 Å². The average molecular weight is 479 g/mol. The van der Waals surface area contributed by atoms with Gasteiger partial charge in [-0.3, -0.25) is 14.4 Å². The van der Waals surface area contributed by atoms with Crippen molar-refractivity contribution >= 4 is 17.7 Å². The molecule has 0 spiro atoms. The summed E-state index contributed by atoms with van der Waals surface area (Å²) in [5.74, 6) is 0.0915. The summed E-state index contributed by atoms with van der Waals surface area (Å²) in [5, 5.41) is 3.08. The Morgan fingerprint density at radius 2 is 1.46 bits per heavy atom. The summed E-state index contributed by atoms with van der Waals surface area (Å²) in [6, 6.07) is 12.3. The molecule has 1 unspecified atom stereocenters. The number of rotatable bonds is 4. The number of carbonyl (C=O) groups excluding carboxylic acids is 3. The van der Waals surface area contributed by atoms with Crippen molar-refractivity contribution in [2.75, 3.05) is 19.9 Å². The molecule has 2 aromatic carbocycles. The SMILES string of the molecule is Cc1ccc(C(=O)N2CCN(C(=O)c3ccc4c(c3)OCO4)C2C(=O)NC2CCC(N)CC2)cc1. The van der Waals surface area contributed by atoms with Crippen LogP contribution in [0.2, 0.25) is 0 Å². The van der Waals surface area contributed by atoms with E-state index in [0.29, 0.717) is 22.6 Å². The van der Waals surface area contributed by atoms with Crippen molar-refractivity contribution in [3.8, 4) is 11.5 Å². The van der Waals surface area contributed by atoms with Gasteiger partial charge in [0.1, 0.15) is 0 Å². The highest BCUT2D eigenvalue weighted by molar-refractivity contribution is 6.02. The first-order valence-electron chi connectivity index (χ1n) is 12.0. The minimum atomic E-state index is -1.04. The first-order chi connectivity index (χ1) is 16.9. The first-order valence-corrected chi connectivity index (χ1v) is 12.0. The molecule has 3 N–H and O–H groups in total. The molecule has 1 aliphatic carbocycles. The molecule has 0 aromatic heterocycles. The summed E-state index contributed by atoms with van der Waals surface area (Å²) < 4.78 is 10.8. The van der Waals surface area contributed by atoms with Gasteiger partial charge in [-0.2, -0.15) is 0 Å². The van der Waals surface area contributed by atoms with Crippen molar-refractivity contribution in [2.45, 2.75) is 50.9 Å². The van der Waals surface area contributed by atoms with Crippen LogP contribution in [0.1, 0.15) is 52.0 Å². The highest BCUT2D eigenvalue weighted by Crippen LogP contribution is 2.33.